The molecule has 0 saturated carbocycles. The second-order valence-electron chi connectivity index (χ2n) is 6.34. The molecule has 0 saturated heterocycles. The Labute approximate surface area is 156 Å². The molecule has 0 radical (unpaired) electrons. The Kier molecular flexibility index (Phi) is 7.23. The van der Waals surface area contributed by atoms with Crippen LogP contribution in [0, 0.1) is 0 Å². The van der Waals surface area contributed by atoms with Crippen LogP contribution in [0.5, 0.6) is 0 Å². The highest BCUT2D eigenvalue weighted by atomic mass is 79.9. The highest BCUT2D eigenvalue weighted by molar-refractivity contribution is 9.11. The predicted octanol–water partition coefficient (Wildman–Crippen LogP) is 7.74. The third-order valence-corrected chi connectivity index (χ3v) is 4.68. The highest BCUT2D eigenvalue weighted by Crippen LogP contribution is 2.46. The monoisotopic (exact) mass is 384 g/mol. The van der Waals surface area contributed by atoms with Gasteiger partial charge in [-0.3, -0.25) is 0 Å². The molecule has 1 aliphatic carbocycles. The van der Waals surface area contributed by atoms with Crippen molar-refractivity contribution in [1.29, 1.82) is 0 Å². The van der Waals surface area contributed by atoms with Crippen molar-refractivity contribution in [1.82, 2.24) is 0 Å². The van der Waals surface area contributed by atoms with Crippen molar-refractivity contribution in [3.05, 3.63) is 88.0 Å². The molecule has 1 aromatic carbocycles. The van der Waals surface area contributed by atoms with E-state index in [4.69, 9.17) is 0 Å². The zero-order valence-electron chi connectivity index (χ0n) is 15.8. The van der Waals surface area contributed by atoms with Gasteiger partial charge in [0.15, 0.2) is 0 Å². The third kappa shape index (κ3) is 4.27. The van der Waals surface area contributed by atoms with Crippen LogP contribution in [-0.2, 0) is 5.41 Å². The summed E-state index contributed by atoms with van der Waals surface area (Å²) in [6, 6.07) is 8.68. The Morgan fingerprint density at radius 1 is 1.08 bits per heavy atom. The minimum absolute atomic E-state index is 0.0327. The van der Waals surface area contributed by atoms with Gasteiger partial charge < -0.3 is 0 Å². The van der Waals surface area contributed by atoms with Crippen LogP contribution in [0.1, 0.15) is 52.7 Å². The number of fused-ring (bicyclic) bond motifs is 1. The van der Waals surface area contributed by atoms with Gasteiger partial charge in [0.2, 0.25) is 0 Å². The lowest BCUT2D eigenvalue weighted by Crippen LogP contribution is -2.16. The van der Waals surface area contributed by atoms with Gasteiger partial charge in [0.05, 0.1) is 0 Å². The van der Waals surface area contributed by atoms with Crippen LogP contribution in [0.15, 0.2) is 76.9 Å². The van der Waals surface area contributed by atoms with Crippen molar-refractivity contribution in [2.24, 2.45) is 0 Å². The quantitative estimate of drug-likeness (QED) is 0.465. The van der Waals surface area contributed by atoms with Crippen molar-refractivity contribution < 1.29 is 0 Å². The molecule has 2 rings (SSSR count). The minimum Gasteiger partial charge on any atom is -0.0915 e. The zero-order chi connectivity index (χ0) is 18.5. The van der Waals surface area contributed by atoms with Gasteiger partial charge in [0.25, 0.3) is 0 Å². The van der Waals surface area contributed by atoms with Crippen LogP contribution in [-0.4, -0.2) is 0 Å². The first-order valence-electron chi connectivity index (χ1n) is 8.46. The molecule has 1 aliphatic rings. The molecule has 0 nitrogen and oxygen atoms in total. The van der Waals surface area contributed by atoms with Crippen LogP contribution in [0.3, 0.4) is 0 Å². The summed E-state index contributed by atoms with van der Waals surface area (Å²) < 4.78 is 0.852. The van der Waals surface area contributed by atoms with E-state index in [0.29, 0.717) is 0 Å². The molecule has 0 atom stereocenters. The van der Waals surface area contributed by atoms with Gasteiger partial charge in [-0.2, -0.15) is 0 Å². The van der Waals surface area contributed by atoms with E-state index in [1.165, 1.54) is 27.8 Å². The standard InChI is InChI=1S/C21H23Br.C2H6/c1-14(11-12-16(3)22)15(2)13-20-17(4)18-9-7-8-10-19(18)21(20,5)6;1-2/h7-13H,1,3H2,2,4-6H3;1-2H3/b12-11-,15-13+;. The average Bonchev–Trinajstić information content (AvgIpc) is 2.75. The predicted molar refractivity (Wildman–Crippen MR) is 114 cm³/mol. The van der Waals surface area contributed by atoms with Gasteiger partial charge in [-0.15, -0.1) is 0 Å². The number of allylic oxidation sites excluding steroid dienone is 8. The first-order chi connectivity index (χ1) is 11.2. The fourth-order valence-electron chi connectivity index (χ4n) is 3.03. The van der Waals surface area contributed by atoms with Crippen molar-refractivity contribution in [2.75, 3.05) is 0 Å². The molecule has 0 aromatic heterocycles. The molecular weight excluding hydrogens is 356 g/mol. The van der Waals surface area contributed by atoms with E-state index in [9.17, 15) is 0 Å². The number of hydrogen-bond donors (Lipinski definition) is 0. The van der Waals surface area contributed by atoms with Crippen LogP contribution >= 0.6 is 15.9 Å². The van der Waals surface area contributed by atoms with Crippen molar-refractivity contribution in [2.45, 2.75) is 47.0 Å². The van der Waals surface area contributed by atoms with E-state index in [2.05, 4.69) is 87.1 Å². The molecule has 1 heteroatoms. The summed E-state index contributed by atoms with van der Waals surface area (Å²) in [6.45, 7) is 20.9. The Hall–Kier alpha value is -1.60. The largest absolute Gasteiger partial charge is 0.0915 e. The fraction of sp³-hybridized carbons (Fsp3) is 0.304. The topological polar surface area (TPSA) is 0 Å². The Morgan fingerprint density at radius 3 is 2.21 bits per heavy atom. The average molecular weight is 385 g/mol. The van der Waals surface area contributed by atoms with E-state index in [0.717, 1.165) is 10.1 Å². The van der Waals surface area contributed by atoms with Crippen molar-refractivity contribution >= 4 is 21.5 Å². The summed E-state index contributed by atoms with van der Waals surface area (Å²) in [4.78, 5) is 0. The molecule has 0 amide bonds. The Morgan fingerprint density at radius 2 is 1.67 bits per heavy atom. The second-order valence-corrected chi connectivity index (χ2v) is 7.36. The van der Waals surface area contributed by atoms with Gasteiger partial charge in [0.1, 0.15) is 0 Å². The number of hydrogen-bond acceptors (Lipinski definition) is 0. The maximum absolute atomic E-state index is 4.15. The van der Waals surface area contributed by atoms with E-state index < -0.39 is 0 Å². The summed E-state index contributed by atoms with van der Waals surface area (Å²) in [5, 5.41) is 0. The SMILES string of the molecule is C=C(Br)/C=C\C(=C)/C(C)=C/C1=C(C)c2ccccc2C1(C)C.CC. The maximum Gasteiger partial charge on any atom is 0.0155 e. The lowest BCUT2D eigenvalue weighted by molar-refractivity contribution is 0.653. The van der Waals surface area contributed by atoms with E-state index in [1.54, 1.807) is 0 Å². The first-order valence-corrected chi connectivity index (χ1v) is 9.25. The normalized spacial score (nSPS) is 15.9. The van der Waals surface area contributed by atoms with Crippen molar-refractivity contribution in [3.8, 4) is 0 Å². The number of benzene rings is 1. The summed E-state index contributed by atoms with van der Waals surface area (Å²) in [5.74, 6) is 0. The van der Waals surface area contributed by atoms with Gasteiger partial charge in [-0.25, -0.2) is 0 Å². The molecule has 0 heterocycles. The molecule has 0 unspecified atom stereocenters. The maximum atomic E-state index is 4.15. The second kappa shape index (κ2) is 8.48. The van der Waals surface area contributed by atoms with E-state index in [1.807, 2.05) is 26.0 Å². The minimum atomic E-state index is 0.0327. The summed E-state index contributed by atoms with van der Waals surface area (Å²) in [7, 11) is 0. The molecule has 0 aliphatic heterocycles. The number of rotatable bonds is 4. The van der Waals surface area contributed by atoms with E-state index in [-0.39, 0.29) is 5.41 Å². The van der Waals surface area contributed by atoms with E-state index >= 15 is 0 Å². The molecular formula is C23H29Br. The highest BCUT2D eigenvalue weighted by Gasteiger charge is 2.34. The first kappa shape index (κ1) is 20.4. The van der Waals surface area contributed by atoms with Gasteiger partial charge in [0, 0.05) is 9.90 Å². The third-order valence-electron chi connectivity index (χ3n) is 4.41. The zero-order valence-corrected chi connectivity index (χ0v) is 17.4. The molecule has 0 spiro atoms. The van der Waals surface area contributed by atoms with Gasteiger partial charge in [-0.05, 0) is 53.3 Å². The van der Waals surface area contributed by atoms with Gasteiger partial charge in [-0.1, -0.05) is 93.2 Å². The fourth-order valence-corrected chi connectivity index (χ4v) is 3.17. The smallest absolute Gasteiger partial charge is 0.0155 e. The Bertz CT molecular complexity index is 724. The van der Waals surface area contributed by atoms with Crippen molar-refractivity contribution in [3.63, 3.8) is 0 Å². The van der Waals surface area contributed by atoms with Gasteiger partial charge >= 0.3 is 0 Å². The molecule has 0 bridgehead atoms. The number of halogens is 1. The summed E-state index contributed by atoms with van der Waals surface area (Å²) in [6.07, 6.45) is 6.20. The van der Waals surface area contributed by atoms with Crippen LogP contribution in [0.4, 0.5) is 0 Å². The van der Waals surface area contributed by atoms with Crippen LogP contribution < -0.4 is 0 Å². The summed E-state index contributed by atoms with van der Waals surface area (Å²) >= 11 is 3.34. The molecule has 1 aromatic rings. The van der Waals surface area contributed by atoms with Crippen LogP contribution in [0.2, 0.25) is 0 Å². The lowest BCUT2D eigenvalue weighted by Gasteiger charge is -2.23. The molecule has 0 fully saturated rings. The Balaban J connectivity index is 0.00000139. The molecule has 0 N–H and O–H groups in total. The summed E-state index contributed by atoms with van der Waals surface area (Å²) in [5.41, 5.74) is 7.72. The van der Waals surface area contributed by atoms with Crippen LogP contribution in [0.25, 0.3) is 5.57 Å². The lowest BCUT2D eigenvalue weighted by atomic mass is 9.80. The molecule has 128 valence electrons. The molecule has 24 heavy (non-hydrogen) atoms.